The zero-order valence-electron chi connectivity index (χ0n) is 16.6. The van der Waals surface area contributed by atoms with Crippen LogP contribution in [0.3, 0.4) is 0 Å². The van der Waals surface area contributed by atoms with Gasteiger partial charge < -0.3 is 20.0 Å². The molecular weight excluding hydrogens is 380 g/mol. The summed E-state index contributed by atoms with van der Waals surface area (Å²) in [7, 11) is 0. The Bertz CT molecular complexity index is 1050. The van der Waals surface area contributed by atoms with Crippen LogP contribution in [0.5, 0.6) is 0 Å². The lowest BCUT2D eigenvalue weighted by atomic mass is 10.1. The van der Waals surface area contributed by atoms with Gasteiger partial charge in [0.15, 0.2) is 5.96 Å². The van der Waals surface area contributed by atoms with Crippen molar-refractivity contribution in [3.05, 3.63) is 82.1 Å². The molecule has 0 aliphatic carbocycles. The first kappa shape index (κ1) is 19.3. The Morgan fingerprint density at radius 1 is 1.03 bits per heavy atom. The largest absolute Gasteiger partial charge is 0.469 e. The number of aliphatic imine (C=N–C) groups is 1. The molecule has 1 aromatic carbocycles. The molecule has 6 heteroatoms. The summed E-state index contributed by atoms with van der Waals surface area (Å²) in [6.07, 6.45) is 3.48. The number of aromatic nitrogens is 1. The van der Waals surface area contributed by atoms with Gasteiger partial charge in [0.2, 0.25) is 0 Å². The molecule has 0 aliphatic heterocycles. The average Bonchev–Trinajstić information content (AvgIpc) is 3.48. The van der Waals surface area contributed by atoms with Crippen LogP contribution in [0.1, 0.15) is 21.9 Å². The molecule has 29 heavy (non-hydrogen) atoms. The van der Waals surface area contributed by atoms with Gasteiger partial charge in [0.1, 0.15) is 5.76 Å². The highest BCUT2D eigenvalue weighted by molar-refractivity contribution is 7.09. The van der Waals surface area contributed by atoms with Crippen molar-refractivity contribution in [1.82, 2.24) is 15.6 Å². The number of fused-ring (bicyclic) bond motifs is 1. The molecule has 0 fully saturated rings. The van der Waals surface area contributed by atoms with E-state index >= 15 is 0 Å². The molecule has 3 N–H and O–H groups in total. The van der Waals surface area contributed by atoms with Crippen molar-refractivity contribution in [3.8, 4) is 0 Å². The summed E-state index contributed by atoms with van der Waals surface area (Å²) in [6.45, 7) is 4.41. The molecule has 0 bridgehead atoms. The van der Waals surface area contributed by atoms with E-state index in [0.29, 0.717) is 6.54 Å². The first-order valence-electron chi connectivity index (χ1n) is 9.93. The summed E-state index contributed by atoms with van der Waals surface area (Å²) in [5, 5.41) is 10.3. The van der Waals surface area contributed by atoms with E-state index < -0.39 is 0 Å². The Morgan fingerprint density at radius 2 is 1.90 bits per heavy atom. The standard InChI is InChI=1S/C23H26N4OS/c1-17-20(21-8-2-3-9-22(21)27-17)11-13-25-23(26-16-19-7-5-15-29-19)24-12-10-18-6-4-14-28-18/h2-9,14-15,27H,10-13,16H2,1H3,(H2,24,25,26). The lowest BCUT2D eigenvalue weighted by Crippen LogP contribution is -2.39. The number of thiophene rings is 1. The van der Waals surface area contributed by atoms with Crippen molar-refractivity contribution in [2.45, 2.75) is 26.3 Å². The van der Waals surface area contributed by atoms with Gasteiger partial charge in [-0.3, -0.25) is 0 Å². The molecule has 0 saturated carbocycles. The van der Waals surface area contributed by atoms with Crippen LogP contribution in [-0.4, -0.2) is 24.0 Å². The minimum absolute atomic E-state index is 0.680. The number of furan rings is 1. The molecule has 0 saturated heterocycles. The zero-order chi connectivity index (χ0) is 19.9. The summed E-state index contributed by atoms with van der Waals surface area (Å²) >= 11 is 1.73. The summed E-state index contributed by atoms with van der Waals surface area (Å²) in [5.74, 6) is 1.81. The first-order chi connectivity index (χ1) is 14.3. The van der Waals surface area contributed by atoms with Crippen LogP contribution in [0, 0.1) is 6.92 Å². The third kappa shape index (κ3) is 5.09. The van der Waals surface area contributed by atoms with Crippen molar-refractivity contribution >= 4 is 28.2 Å². The van der Waals surface area contributed by atoms with Crippen molar-refractivity contribution < 1.29 is 4.42 Å². The highest BCUT2D eigenvalue weighted by atomic mass is 32.1. The number of rotatable bonds is 8. The number of nitrogens with zero attached hydrogens (tertiary/aromatic N) is 1. The molecule has 4 rings (SSSR count). The predicted molar refractivity (Wildman–Crippen MR) is 121 cm³/mol. The molecule has 0 spiro atoms. The van der Waals surface area contributed by atoms with Crippen LogP contribution >= 0.6 is 11.3 Å². The number of H-pyrrole nitrogens is 1. The van der Waals surface area contributed by atoms with Gasteiger partial charge in [-0.1, -0.05) is 24.3 Å². The number of aryl methyl sites for hydroxylation is 1. The zero-order valence-corrected chi connectivity index (χ0v) is 17.4. The van der Waals surface area contributed by atoms with E-state index in [1.807, 2.05) is 12.1 Å². The number of aromatic amines is 1. The molecule has 150 valence electrons. The van der Waals surface area contributed by atoms with E-state index in [4.69, 9.17) is 9.41 Å². The van der Waals surface area contributed by atoms with Crippen LogP contribution in [0.4, 0.5) is 0 Å². The fourth-order valence-electron chi connectivity index (χ4n) is 3.46. The Kier molecular flexibility index (Phi) is 6.32. The third-order valence-electron chi connectivity index (χ3n) is 4.91. The normalized spacial score (nSPS) is 11.8. The highest BCUT2D eigenvalue weighted by Crippen LogP contribution is 2.21. The highest BCUT2D eigenvalue weighted by Gasteiger charge is 2.08. The molecular formula is C23H26N4OS. The predicted octanol–water partition coefficient (Wildman–Crippen LogP) is 4.65. The van der Waals surface area contributed by atoms with Crippen LogP contribution in [-0.2, 0) is 19.4 Å². The molecule has 3 heterocycles. The van der Waals surface area contributed by atoms with E-state index in [-0.39, 0.29) is 0 Å². The maximum atomic E-state index is 5.42. The van der Waals surface area contributed by atoms with Gasteiger partial charge in [0.25, 0.3) is 0 Å². The van der Waals surface area contributed by atoms with Gasteiger partial charge in [-0.15, -0.1) is 11.3 Å². The number of hydrogen-bond donors (Lipinski definition) is 3. The smallest absolute Gasteiger partial charge is 0.191 e. The SMILES string of the molecule is Cc1[nH]c2ccccc2c1CCNC(=NCc1cccs1)NCCc1ccco1. The molecule has 0 radical (unpaired) electrons. The lowest BCUT2D eigenvalue weighted by molar-refractivity contribution is 0.506. The van der Waals surface area contributed by atoms with Crippen molar-refractivity contribution in [3.63, 3.8) is 0 Å². The second-order valence-electron chi connectivity index (χ2n) is 6.95. The topological polar surface area (TPSA) is 65.3 Å². The molecule has 0 unspecified atom stereocenters. The van der Waals surface area contributed by atoms with Gasteiger partial charge in [0, 0.05) is 41.0 Å². The van der Waals surface area contributed by atoms with Crippen LogP contribution in [0.15, 0.2) is 69.6 Å². The fraction of sp³-hybridized carbons (Fsp3) is 0.261. The molecule has 0 amide bonds. The van der Waals surface area contributed by atoms with Gasteiger partial charge in [-0.2, -0.15) is 0 Å². The molecule has 0 aliphatic rings. The Labute approximate surface area is 174 Å². The first-order valence-corrected chi connectivity index (χ1v) is 10.8. The number of hydrogen-bond acceptors (Lipinski definition) is 3. The Hall–Kier alpha value is -2.99. The van der Waals surface area contributed by atoms with Crippen LogP contribution < -0.4 is 10.6 Å². The Morgan fingerprint density at radius 3 is 2.69 bits per heavy atom. The number of benzene rings is 1. The number of nitrogens with one attached hydrogen (secondary N) is 3. The van der Waals surface area contributed by atoms with E-state index in [0.717, 1.165) is 37.7 Å². The maximum Gasteiger partial charge on any atom is 0.191 e. The minimum atomic E-state index is 0.680. The van der Waals surface area contributed by atoms with E-state index in [1.54, 1.807) is 17.6 Å². The number of guanidine groups is 1. The van der Waals surface area contributed by atoms with Crippen LogP contribution in [0.25, 0.3) is 10.9 Å². The van der Waals surface area contributed by atoms with Crippen molar-refractivity contribution in [2.24, 2.45) is 4.99 Å². The van der Waals surface area contributed by atoms with Crippen molar-refractivity contribution in [1.29, 1.82) is 0 Å². The molecule has 3 aromatic heterocycles. The lowest BCUT2D eigenvalue weighted by Gasteiger charge is -2.12. The van der Waals surface area contributed by atoms with Gasteiger partial charge >= 0.3 is 0 Å². The Balaban J connectivity index is 1.37. The monoisotopic (exact) mass is 406 g/mol. The fourth-order valence-corrected chi connectivity index (χ4v) is 4.08. The number of para-hydroxylation sites is 1. The summed E-state index contributed by atoms with van der Waals surface area (Å²) in [5.41, 5.74) is 3.79. The summed E-state index contributed by atoms with van der Waals surface area (Å²) < 4.78 is 5.42. The van der Waals surface area contributed by atoms with Crippen LogP contribution in [0.2, 0.25) is 0 Å². The van der Waals surface area contributed by atoms with E-state index in [2.05, 4.69) is 64.3 Å². The third-order valence-corrected chi connectivity index (χ3v) is 5.77. The molecule has 5 nitrogen and oxygen atoms in total. The molecule has 4 aromatic rings. The van der Waals surface area contributed by atoms with Crippen molar-refractivity contribution in [2.75, 3.05) is 13.1 Å². The average molecular weight is 407 g/mol. The summed E-state index contributed by atoms with van der Waals surface area (Å²) in [6, 6.07) is 16.6. The summed E-state index contributed by atoms with van der Waals surface area (Å²) in [4.78, 5) is 9.49. The maximum absolute atomic E-state index is 5.42. The molecule has 0 atom stereocenters. The quantitative estimate of drug-likeness (QED) is 0.295. The van der Waals surface area contributed by atoms with E-state index in [1.165, 1.54) is 27.0 Å². The van der Waals surface area contributed by atoms with Gasteiger partial charge in [-0.25, -0.2) is 4.99 Å². The van der Waals surface area contributed by atoms with E-state index in [9.17, 15) is 0 Å². The second-order valence-corrected chi connectivity index (χ2v) is 7.98. The minimum Gasteiger partial charge on any atom is -0.469 e. The second kappa shape index (κ2) is 9.47. The van der Waals surface area contributed by atoms with Gasteiger partial charge in [-0.05, 0) is 48.6 Å². The van der Waals surface area contributed by atoms with Gasteiger partial charge in [0.05, 0.1) is 12.8 Å².